The SMILES string of the molecule is O=C(O)c1cc(Cl)cc(S(=O)(=O)Cl)c1I. The van der Waals surface area contributed by atoms with E-state index in [4.69, 9.17) is 27.4 Å². The fourth-order valence-corrected chi connectivity index (χ4v) is 3.94. The summed E-state index contributed by atoms with van der Waals surface area (Å²) in [5.41, 5.74) is -0.192. The third-order valence-corrected chi connectivity index (χ3v) is 4.59. The van der Waals surface area contributed by atoms with Crippen molar-refractivity contribution in [1.82, 2.24) is 0 Å². The molecule has 0 heterocycles. The highest BCUT2D eigenvalue weighted by Gasteiger charge is 2.21. The number of rotatable bonds is 2. The number of carboxylic acid groups (broad SMARTS) is 1. The monoisotopic (exact) mass is 380 g/mol. The summed E-state index contributed by atoms with van der Waals surface area (Å²) in [6.07, 6.45) is 0. The third-order valence-electron chi connectivity index (χ3n) is 1.50. The molecule has 0 fully saturated rings. The highest BCUT2D eigenvalue weighted by molar-refractivity contribution is 14.1. The molecule has 8 heteroatoms. The van der Waals surface area contributed by atoms with E-state index in [1.165, 1.54) is 0 Å². The summed E-state index contributed by atoms with van der Waals surface area (Å²) in [5, 5.41) is 8.79. The van der Waals surface area contributed by atoms with Gasteiger partial charge in [0.15, 0.2) is 0 Å². The molecule has 0 saturated carbocycles. The molecule has 0 aliphatic heterocycles. The van der Waals surface area contributed by atoms with Crippen molar-refractivity contribution >= 4 is 59.9 Å². The molecular weight excluding hydrogens is 378 g/mol. The van der Waals surface area contributed by atoms with E-state index in [1.807, 2.05) is 0 Å². The smallest absolute Gasteiger partial charge is 0.336 e. The van der Waals surface area contributed by atoms with Gasteiger partial charge < -0.3 is 5.11 Å². The summed E-state index contributed by atoms with van der Waals surface area (Å²) in [5.74, 6) is -1.26. The van der Waals surface area contributed by atoms with Gasteiger partial charge in [-0.05, 0) is 34.7 Å². The van der Waals surface area contributed by atoms with Crippen molar-refractivity contribution in [3.05, 3.63) is 26.3 Å². The van der Waals surface area contributed by atoms with Gasteiger partial charge in [-0.3, -0.25) is 0 Å². The van der Waals surface area contributed by atoms with Crippen molar-refractivity contribution < 1.29 is 18.3 Å². The molecule has 0 atom stereocenters. The lowest BCUT2D eigenvalue weighted by Crippen LogP contribution is -2.04. The van der Waals surface area contributed by atoms with Crippen LogP contribution in [0.5, 0.6) is 0 Å². The zero-order valence-electron chi connectivity index (χ0n) is 6.87. The normalized spacial score (nSPS) is 11.4. The molecule has 1 rings (SSSR count). The van der Waals surface area contributed by atoms with Crippen LogP contribution in [0, 0.1) is 3.57 Å². The Morgan fingerprint density at radius 3 is 2.33 bits per heavy atom. The minimum absolute atomic E-state index is 0.00652. The minimum atomic E-state index is -4.00. The zero-order chi connectivity index (χ0) is 11.8. The summed E-state index contributed by atoms with van der Waals surface area (Å²) in [6, 6.07) is 2.27. The fraction of sp³-hybridized carbons (Fsp3) is 0. The van der Waals surface area contributed by atoms with E-state index in [2.05, 4.69) is 0 Å². The van der Waals surface area contributed by atoms with Crippen molar-refractivity contribution in [2.24, 2.45) is 0 Å². The van der Waals surface area contributed by atoms with E-state index in [-0.39, 0.29) is 19.1 Å². The molecule has 4 nitrogen and oxygen atoms in total. The van der Waals surface area contributed by atoms with Gasteiger partial charge in [-0.2, -0.15) is 0 Å². The lowest BCUT2D eigenvalue weighted by Gasteiger charge is -2.05. The fourth-order valence-electron chi connectivity index (χ4n) is 0.897. The van der Waals surface area contributed by atoms with Gasteiger partial charge in [-0.15, -0.1) is 0 Å². The second-order valence-corrected chi connectivity index (χ2v) is 6.56. The van der Waals surface area contributed by atoms with Crippen molar-refractivity contribution in [2.45, 2.75) is 4.90 Å². The first-order valence-corrected chi connectivity index (χ1v) is 7.17. The average Bonchev–Trinajstić information content (AvgIpc) is 2.06. The van der Waals surface area contributed by atoms with Crippen LogP contribution in [0.2, 0.25) is 5.02 Å². The van der Waals surface area contributed by atoms with Gasteiger partial charge in [-0.1, -0.05) is 11.6 Å². The number of benzene rings is 1. The van der Waals surface area contributed by atoms with Gasteiger partial charge in [0.1, 0.15) is 0 Å². The van der Waals surface area contributed by atoms with Crippen LogP contribution in [-0.2, 0) is 9.05 Å². The lowest BCUT2D eigenvalue weighted by atomic mass is 10.2. The first-order valence-electron chi connectivity index (χ1n) is 3.40. The van der Waals surface area contributed by atoms with E-state index in [0.29, 0.717) is 0 Å². The van der Waals surface area contributed by atoms with E-state index >= 15 is 0 Å². The summed E-state index contributed by atoms with van der Waals surface area (Å²) in [7, 11) is 1.13. The van der Waals surface area contributed by atoms with E-state index in [9.17, 15) is 13.2 Å². The van der Waals surface area contributed by atoms with Gasteiger partial charge in [-0.25, -0.2) is 13.2 Å². The van der Waals surface area contributed by atoms with Crippen molar-refractivity contribution in [3.8, 4) is 0 Å². The Hall–Kier alpha value is -0.0500. The molecule has 0 aromatic heterocycles. The molecule has 0 aliphatic carbocycles. The van der Waals surface area contributed by atoms with Crippen LogP contribution < -0.4 is 0 Å². The second kappa shape index (κ2) is 4.44. The summed E-state index contributed by atoms with van der Waals surface area (Å²) in [6.45, 7) is 0. The Bertz CT molecular complexity index is 526. The van der Waals surface area contributed by atoms with E-state index in [1.54, 1.807) is 22.6 Å². The predicted octanol–water partition coefficient (Wildman–Crippen LogP) is 2.57. The van der Waals surface area contributed by atoms with Crippen LogP contribution >= 0.6 is 44.9 Å². The molecule has 1 aromatic rings. The largest absolute Gasteiger partial charge is 0.478 e. The summed E-state index contributed by atoms with van der Waals surface area (Å²) >= 11 is 7.18. The van der Waals surface area contributed by atoms with Gasteiger partial charge in [0.2, 0.25) is 0 Å². The Balaban J connectivity index is 3.63. The Morgan fingerprint density at radius 1 is 1.40 bits per heavy atom. The molecule has 1 aromatic carbocycles. The van der Waals surface area contributed by atoms with Crippen molar-refractivity contribution in [1.29, 1.82) is 0 Å². The number of carboxylic acids is 1. The standard InChI is InChI=1S/C7H3Cl2IO4S/c8-3-1-4(7(11)12)6(10)5(2-3)15(9,13)14/h1-2H,(H,11,12). The van der Waals surface area contributed by atoms with E-state index in [0.717, 1.165) is 12.1 Å². The van der Waals surface area contributed by atoms with Gasteiger partial charge in [0, 0.05) is 19.3 Å². The predicted molar refractivity (Wildman–Crippen MR) is 64.2 cm³/mol. The molecule has 82 valence electrons. The molecular formula is C7H3Cl2IO4S. The molecule has 0 radical (unpaired) electrons. The van der Waals surface area contributed by atoms with Crippen LogP contribution in [0.15, 0.2) is 17.0 Å². The van der Waals surface area contributed by atoms with Crippen molar-refractivity contribution in [2.75, 3.05) is 0 Å². The molecule has 0 bridgehead atoms. The Labute approximate surface area is 109 Å². The number of aromatic carboxylic acids is 1. The quantitative estimate of drug-likeness (QED) is 0.632. The number of halogens is 3. The van der Waals surface area contributed by atoms with Crippen LogP contribution in [-0.4, -0.2) is 19.5 Å². The van der Waals surface area contributed by atoms with Gasteiger partial charge >= 0.3 is 5.97 Å². The first kappa shape index (κ1) is 13.0. The third kappa shape index (κ3) is 2.96. The number of hydrogen-bond acceptors (Lipinski definition) is 3. The molecule has 0 saturated heterocycles. The van der Waals surface area contributed by atoms with Gasteiger partial charge in [0.05, 0.1) is 10.5 Å². The van der Waals surface area contributed by atoms with Crippen molar-refractivity contribution in [3.63, 3.8) is 0 Å². The molecule has 0 amide bonds. The summed E-state index contributed by atoms with van der Waals surface area (Å²) in [4.78, 5) is 10.5. The lowest BCUT2D eigenvalue weighted by molar-refractivity contribution is 0.0695. The molecule has 0 spiro atoms. The van der Waals surface area contributed by atoms with E-state index < -0.39 is 15.0 Å². The Kier molecular flexibility index (Phi) is 3.85. The maximum absolute atomic E-state index is 11.1. The number of hydrogen-bond donors (Lipinski definition) is 1. The first-order chi connectivity index (χ1) is 6.73. The van der Waals surface area contributed by atoms with Crippen LogP contribution in [0.25, 0.3) is 0 Å². The van der Waals surface area contributed by atoms with Crippen LogP contribution in [0.1, 0.15) is 10.4 Å². The van der Waals surface area contributed by atoms with Crippen LogP contribution in [0.4, 0.5) is 0 Å². The van der Waals surface area contributed by atoms with Crippen LogP contribution in [0.3, 0.4) is 0 Å². The highest BCUT2D eigenvalue weighted by Crippen LogP contribution is 2.28. The molecule has 1 N–H and O–H groups in total. The summed E-state index contributed by atoms with van der Waals surface area (Å²) < 4.78 is 22.2. The average molecular weight is 381 g/mol. The molecule has 0 aliphatic rings. The van der Waals surface area contributed by atoms with Gasteiger partial charge in [0.25, 0.3) is 9.05 Å². The maximum Gasteiger partial charge on any atom is 0.336 e. The molecule has 15 heavy (non-hydrogen) atoms. The highest BCUT2D eigenvalue weighted by atomic mass is 127. The Morgan fingerprint density at radius 2 is 1.93 bits per heavy atom. The minimum Gasteiger partial charge on any atom is -0.478 e. The number of carbonyl (C=O) groups is 1. The molecule has 0 unspecified atom stereocenters. The maximum atomic E-state index is 11.1. The zero-order valence-corrected chi connectivity index (χ0v) is 11.4. The topological polar surface area (TPSA) is 71.4 Å². The second-order valence-electron chi connectivity index (χ2n) is 2.51.